The lowest BCUT2D eigenvalue weighted by Crippen LogP contribution is -2.41. The molecular formula is C14H18NO3. The average Bonchev–Trinajstić information content (AvgIpc) is 2.43. The summed E-state index contributed by atoms with van der Waals surface area (Å²) < 4.78 is 4.92. The summed E-state index contributed by atoms with van der Waals surface area (Å²) in [5.74, 6) is -1.71. The summed E-state index contributed by atoms with van der Waals surface area (Å²) in [6, 6.07) is 8.35. The van der Waals surface area contributed by atoms with Crippen molar-refractivity contribution in [1.29, 1.82) is 0 Å². The Morgan fingerprint density at radius 1 is 1.33 bits per heavy atom. The summed E-state index contributed by atoms with van der Waals surface area (Å²) in [6.45, 7) is 3.67. The fourth-order valence-electron chi connectivity index (χ4n) is 1.38. The number of hydrogen-bond acceptors (Lipinski definition) is 4. The molecule has 0 aliphatic carbocycles. The Morgan fingerprint density at radius 2 is 1.94 bits per heavy atom. The highest BCUT2D eigenvalue weighted by Crippen LogP contribution is 2.07. The molecule has 0 amide bonds. The fraction of sp³-hybridized carbons (Fsp3) is 0.357. The van der Waals surface area contributed by atoms with Gasteiger partial charge in [-0.1, -0.05) is 44.2 Å². The molecule has 0 aliphatic heterocycles. The van der Waals surface area contributed by atoms with Gasteiger partial charge in [-0.3, -0.25) is 4.79 Å². The summed E-state index contributed by atoms with van der Waals surface area (Å²) in [5, 5.41) is 0. The number of nitrogens with two attached hydrogens (primary N) is 1. The highest BCUT2D eigenvalue weighted by Gasteiger charge is 2.27. The molecule has 97 valence electrons. The van der Waals surface area contributed by atoms with Gasteiger partial charge in [-0.15, -0.1) is 0 Å². The summed E-state index contributed by atoms with van der Waals surface area (Å²) in [5.41, 5.74) is 6.49. The van der Waals surface area contributed by atoms with Crippen LogP contribution in [0.4, 0.5) is 0 Å². The summed E-state index contributed by atoms with van der Waals surface area (Å²) in [7, 11) is 0. The number of carbonyl (C=O) groups is 2. The van der Waals surface area contributed by atoms with E-state index in [0.29, 0.717) is 0 Å². The highest BCUT2D eigenvalue weighted by atomic mass is 16.5. The molecule has 2 atom stereocenters. The molecule has 0 spiro atoms. The Kier molecular flexibility index (Phi) is 5.52. The number of hydrogen-bond donors (Lipinski definition) is 1. The van der Waals surface area contributed by atoms with Gasteiger partial charge in [-0.05, 0) is 17.9 Å². The number of carbonyl (C=O) groups excluding carboxylic acids is 2. The van der Waals surface area contributed by atoms with Crippen molar-refractivity contribution in [1.82, 2.24) is 0 Å². The van der Waals surface area contributed by atoms with Crippen molar-refractivity contribution in [3.05, 3.63) is 42.3 Å². The van der Waals surface area contributed by atoms with Crippen molar-refractivity contribution >= 4 is 11.8 Å². The van der Waals surface area contributed by atoms with Crippen LogP contribution in [0.5, 0.6) is 0 Å². The van der Waals surface area contributed by atoms with Crippen LogP contribution in [0.25, 0.3) is 0 Å². The minimum absolute atomic E-state index is 0.0857. The van der Waals surface area contributed by atoms with Crippen LogP contribution in [0.1, 0.15) is 19.4 Å². The van der Waals surface area contributed by atoms with Crippen LogP contribution < -0.4 is 5.73 Å². The largest absolute Gasteiger partial charge is 0.455 e. The van der Waals surface area contributed by atoms with Gasteiger partial charge in [-0.25, -0.2) is 4.79 Å². The van der Waals surface area contributed by atoms with Crippen LogP contribution in [-0.4, -0.2) is 17.8 Å². The van der Waals surface area contributed by atoms with Crippen LogP contribution in [0.3, 0.4) is 0 Å². The number of Topliss-reactive ketones (excluding diaryl/α,β-unsaturated/α-hetero) is 1. The first-order valence-electron chi connectivity index (χ1n) is 5.86. The van der Waals surface area contributed by atoms with E-state index in [2.05, 4.69) is 0 Å². The molecule has 1 radical (unpaired) electrons. The van der Waals surface area contributed by atoms with Gasteiger partial charge in [0.05, 0.1) is 6.04 Å². The van der Waals surface area contributed by atoms with Crippen molar-refractivity contribution in [2.45, 2.75) is 26.5 Å². The zero-order chi connectivity index (χ0) is 13.5. The Balaban J connectivity index is 2.48. The SMILES string of the molecule is C[CH][C@H](C)[C@H](N)C(=O)C(=O)OCc1ccccc1. The smallest absolute Gasteiger partial charge is 0.376 e. The Bertz CT molecular complexity index is 403. The van der Waals surface area contributed by atoms with E-state index in [0.717, 1.165) is 5.56 Å². The van der Waals surface area contributed by atoms with Gasteiger partial charge in [-0.2, -0.15) is 0 Å². The van der Waals surface area contributed by atoms with Crippen molar-refractivity contribution in [3.63, 3.8) is 0 Å². The molecule has 0 heterocycles. The van der Waals surface area contributed by atoms with E-state index >= 15 is 0 Å². The van der Waals surface area contributed by atoms with E-state index in [4.69, 9.17) is 10.5 Å². The number of ether oxygens (including phenoxy) is 1. The lowest BCUT2D eigenvalue weighted by atomic mass is 9.96. The maximum Gasteiger partial charge on any atom is 0.376 e. The van der Waals surface area contributed by atoms with Crippen molar-refractivity contribution in [2.24, 2.45) is 11.7 Å². The van der Waals surface area contributed by atoms with E-state index in [9.17, 15) is 9.59 Å². The van der Waals surface area contributed by atoms with E-state index < -0.39 is 17.8 Å². The minimum atomic E-state index is -0.875. The maximum atomic E-state index is 11.6. The lowest BCUT2D eigenvalue weighted by Gasteiger charge is -2.15. The first-order chi connectivity index (χ1) is 8.56. The predicted molar refractivity (Wildman–Crippen MR) is 68.4 cm³/mol. The Labute approximate surface area is 107 Å². The van der Waals surface area contributed by atoms with Crippen LogP contribution in [-0.2, 0) is 20.9 Å². The molecule has 0 saturated heterocycles. The molecule has 0 unspecified atom stereocenters. The van der Waals surface area contributed by atoms with Gasteiger partial charge < -0.3 is 10.5 Å². The topological polar surface area (TPSA) is 69.4 Å². The monoisotopic (exact) mass is 248 g/mol. The molecule has 1 aromatic carbocycles. The third-order valence-electron chi connectivity index (χ3n) is 2.81. The standard InChI is InChI=1S/C14H18NO3/c1-3-10(2)12(15)13(16)14(17)18-9-11-7-5-4-6-8-11/h3-8,10,12H,9,15H2,1-2H3/t10-,12-/m0/s1. The van der Waals surface area contributed by atoms with E-state index in [-0.39, 0.29) is 12.5 Å². The molecular weight excluding hydrogens is 230 g/mol. The second-order valence-corrected chi connectivity index (χ2v) is 4.14. The molecule has 4 heteroatoms. The number of esters is 1. The summed E-state index contributed by atoms with van der Waals surface area (Å²) >= 11 is 0. The number of benzene rings is 1. The van der Waals surface area contributed by atoms with E-state index in [1.807, 2.05) is 30.3 Å². The molecule has 4 nitrogen and oxygen atoms in total. The number of ketones is 1. The molecule has 1 rings (SSSR count). The molecule has 0 saturated carbocycles. The zero-order valence-corrected chi connectivity index (χ0v) is 10.6. The van der Waals surface area contributed by atoms with Crippen molar-refractivity contribution in [3.8, 4) is 0 Å². The van der Waals surface area contributed by atoms with Gasteiger partial charge in [0.2, 0.25) is 0 Å². The van der Waals surface area contributed by atoms with Crippen molar-refractivity contribution in [2.75, 3.05) is 0 Å². The predicted octanol–water partition coefficient (Wildman–Crippen LogP) is 1.49. The first kappa shape index (κ1) is 14.4. The molecule has 0 fully saturated rings. The second kappa shape index (κ2) is 6.91. The van der Waals surface area contributed by atoms with Gasteiger partial charge >= 0.3 is 5.97 Å². The first-order valence-corrected chi connectivity index (χ1v) is 5.86. The van der Waals surface area contributed by atoms with Crippen LogP contribution in [0, 0.1) is 12.3 Å². The fourth-order valence-corrected chi connectivity index (χ4v) is 1.38. The molecule has 1 aromatic rings. The van der Waals surface area contributed by atoms with E-state index in [1.54, 1.807) is 20.3 Å². The average molecular weight is 248 g/mol. The normalized spacial score (nSPS) is 13.7. The molecule has 0 aromatic heterocycles. The molecule has 0 aliphatic rings. The van der Waals surface area contributed by atoms with Gasteiger partial charge in [0.1, 0.15) is 6.61 Å². The van der Waals surface area contributed by atoms with Gasteiger partial charge in [0.25, 0.3) is 5.78 Å². The summed E-state index contributed by atoms with van der Waals surface area (Å²) in [6.07, 6.45) is 1.78. The zero-order valence-electron chi connectivity index (χ0n) is 10.6. The number of rotatable bonds is 6. The van der Waals surface area contributed by atoms with Crippen molar-refractivity contribution < 1.29 is 14.3 Å². The van der Waals surface area contributed by atoms with Crippen LogP contribution in [0.2, 0.25) is 0 Å². The van der Waals surface area contributed by atoms with Gasteiger partial charge in [0, 0.05) is 0 Å². The quantitative estimate of drug-likeness (QED) is 0.611. The maximum absolute atomic E-state index is 11.6. The minimum Gasteiger partial charge on any atom is -0.455 e. The van der Waals surface area contributed by atoms with E-state index in [1.165, 1.54) is 0 Å². The Hall–Kier alpha value is -1.68. The van der Waals surface area contributed by atoms with Gasteiger partial charge in [0.15, 0.2) is 0 Å². The molecule has 18 heavy (non-hydrogen) atoms. The highest BCUT2D eigenvalue weighted by molar-refractivity contribution is 6.35. The molecule has 2 N–H and O–H groups in total. The molecule has 0 bridgehead atoms. The third-order valence-corrected chi connectivity index (χ3v) is 2.81. The van der Waals surface area contributed by atoms with Crippen LogP contribution in [0.15, 0.2) is 30.3 Å². The summed E-state index contributed by atoms with van der Waals surface area (Å²) in [4.78, 5) is 23.2. The third kappa shape index (κ3) is 3.96. The van der Waals surface area contributed by atoms with Crippen LogP contribution >= 0.6 is 0 Å². The lowest BCUT2D eigenvalue weighted by molar-refractivity contribution is -0.155. The Morgan fingerprint density at radius 3 is 2.50 bits per heavy atom. The second-order valence-electron chi connectivity index (χ2n) is 4.14.